The van der Waals surface area contributed by atoms with Gasteiger partial charge in [0.05, 0.1) is 0 Å². The molecule has 2 rings (SSSR count). The zero-order chi connectivity index (χ0) is 14.2. The fraction of sp³-hybridized carbons (Fsp3) is 0.235. The van der Waals surface area contributed by atoms with Crippen molar-refractivity contribution < 1.29 is 14.3 Å². The fourth-order valence-corrected chi connectivity index (χ4v) is 1.77. The van der Waals surface area contributed by atoms with E-state index >= 15 is 0 Å². The van der Waals surface area contributed by atoms with Crippen molar-refractivity contribution in [1.29, 1.82) is 0 Å². The molecule has 3 heteroatoms. The van der Waals surface area contributed by atoms with E-state index in [1.807, 2.05) is 55.5 Å². The van der Waals surface area contributed by atoms with Crippen LogP contribution < -0.4 is 9.47 Å². The van der Waals surface area contributed by atoms with Crippen LogP contribution in [0.25, 0.3) is 0 Å². The van der Waals surface area contributed by atoms with Crippen molar-refractivity contribution >= 4 is 5.78 Å². The van der Waals surface area contributed by atoms with Gasteiger partial charge in [-0.05, 0) is 30.7 Å². The molecule has 0 fully saturated rings. The molecular weight excluding hydrogens is 252 g/mol. The molecule has 2 aromatic carbocycles. The van der Waals surface area contributed by atoms with Gasteiger partial charge in [0.2, 0.25) is 0 Å². The Labute approximate surface area is 119 Å². The first-order chi connectivity index (χ1) is 9.78. The van der Waals surface area contributed by atoms with Crippen molar-refractivity contribution in [2.75, 3.05) is 6.61 Å². The average Bonchev–Trinajstić information content (AvgIpc) is 2.47. The van der Waals surface area contributed by atoms with Crippen molar-refractivity contribution in [2.24, 2.45) is 0 Å². The van der Waals surface area contributed by atoms with Gasteiger partial charge in [0.15, 0.2) is 5.78 Å². The molecule has 2 aromatic rings. The number of Topliss-reactive ketones (excluding diaryl/α,β-unsaturated/α-hetero) is 1. The van der Waals surface area contributed by atoms with Gasteiger partial charge >= 0.3 is 0 Å². The predicted molar refractivity (Wildman–Crippen MR) is 78.4 cm³/mol. The Morgan fingerprint density at radius 3 is 2.40 bits per heavy atom. The largest absolute Gasteiger partial charge is 0.486 e. The van der Waals surface area contributed by atoms with Crippen molar-refractivity contribution in [3.05, 3.63) is 54.6 Å². The number of hydrogen-bond acceptors (Lipinski definition) is 3. The average molecular weight is 270 g/mol. The molecule has 3 nitrogen and oxygen atoms in total. The molecule has 0 aromatic heterocycles. The third-order valence-electron chi connectivity index (χ3n) is 2.71. The lowest BCUT2D eigenvalue weighted by Gasteiger charge is -2.08. The third-order valence-corrected chi connectivity index (χ3v) is 2.71. The van der Waals surface area contributed by atoms with Crippen molar-refractivity contribution in [1.82, 2.24) is 0 Å². The summed E-state index contributed by atoms with van der Waals surface area (Å²) in [6, 6.07) is 16.8. The lowest BCUT2D eigenvalue weighted by atomic mass is 10.2. The maximum absolute atomic E-state index is 11.4. The Morgan fingerprint density at radius 1 is 0.950 bits per heavy atom. The standard InChI is InChI=1S/C17H18O3/c1-2-7-14(18)13-19-16-10-6-11-17(12-16)20-15-8-4-3-5-9-15/h3-6,8-12H,2,7,13H2,1H3. The minimum atomic E-state index is 0.113. The molecule has 0 heterocycles. The maximum Gasteiger partial charge on any atom is 0.170 e. The first kappa shape index (κ1) is 14.1. The Hall–Kier alpha value is -2.29. The van der Waals surface area contributed by atoms with Gasteiger partial charge in [-0.1, -0.05) is 31.2 Å². The van der Waals surface area contributed by atoms with Crippen LogP contribution in [0.3, 0.4) is 0 Å². The summed E-state index contributed by atoms with van der Waals surface area (Å²) in [6.07, 6.45) is 1.40. The van der Waals surface area contributed by atoms with E-state index in [-0.39, 0.29) is 12.4 Å². The second-order valence-electron chi connectivity index (χ2n) is 4.47. The minimum Gasteiger partial charge on any atom is -0.486 e. The summed E-state index contributed by atoms with van der Waals surface area (Å²) in [5, 5.41) is 0. The van der Waals surface area contributed by atoms with Gasteiger partial charge in [-0.2, -0.15) is 0 Å². The first-order valence-corrected chi connectivity index (χ1v) is 6.75. The quantitative estimate of drug-likeness (QED) is 0.755. The first-order valence-electron chi connectivity index (χ1n) is 6.75. The number of para-hydroxylation sites is 1. The number of ether oxygens (including phenoxy) is 2. The number of carbonyl (C=O) groups is 1. The highest BCUT2D eigenvalue weighted by molar-refractivity contribution is 5.79. The van der Waals surface area contributed by atoms with Gasteiger partial charge in [0, 0.05) is 12.5 Å². The number of hydrogen-bond donors (Lipinski definition) is 0. The van der Waals surface area contributed by atoms with E-state index in [0.717, 1.165) is 12.2 Å². The van der Waals surface area contributed by atoms with Crippen molar-refractivity contribution in [3.63, 3.8) is 0 Å². The van der Waals surface area contributed by atoms with Crippen LogP contribution in [0.4, 0.5) is 0 Å². The Balaban J connectivity index is 1.96. The molecule has 0 aliphatic carbocycles. The summed E-state index contributed by atoms with van der Waals surface area (Å²) >= 11 is 0. The topological polar surface area (TPSA) is 35.5 Å². The predicted octanol–water partition coefficient (Wildman–Crippen LogP) is 4.23. The second-order valence-corrected chi connectivity index (χ2v) is 4.47. The normalized spacial score (nSPS) is 10.1. The van der Waals surface area contributed by atoms with E-state index < -0.39 is 0 Å². The summed E-state index contributed by atoms with van der Waals surface area (Å²) in [4.78, 5) is 11.4. The van der Waals surface area contributed by atoms with Crippen LogP contribution in [-0.4, -0.2) is 12.4 Å². The number of carbonyl (C=O) groups excluding carboxylic acids is 1. The lowest BCUT2D eigenvalue weighted by Crippen LogP contribution is -2.10. The molecule has 0 atom stereocenters. The molecule has 0 spiro atoms. The Morgan fingerprint density at radius 2 is 1.65 bits per heavy atom. The molecule has 0 aliphatic rings. The van der Waals surface area contributed by atoms with Crippen LogP contribution in [0.15, 0.2) is 54.6 Å². The highest BCUT2D eigenvalue weighted by Gasteiger charge is 2.03. The number of ketones is 1. The van der Waals surface area contributed by atoms with Crippen LogP contribution in [0.1, 0.15) is 19.8 Å². The van der Waals surface area contributed by atoms with Crippen molar-refractivity contribution in [3.8, 4) is 17.2 Å². The van der Waals surface area contributed by atoms with Gasteiger partial charge in [0.1, 0.15) is 23.9 Å². The maximum atomic E-state index is 11.4. The molecule has 0 N–H and O–H groups in total. The highest BCUT2D eigenvalue weighted by atomic mass is 16.5. The van der Waals surface area contributed by atoms with Gasteiger partial charge < -0.3 is 9.47 Å². The van der Waals surface area contributed by atoms with Gasteiger partial charge in [0.25, 0.3) is 0 Å². The Kier molecular flexibility index (Phi) is 5.18. The summed E-state index contributed by atoms with van der Waals surface area (Å²) in [7, 11) is 0. The molecule has 0 saturated heterocycles. The van der Waals surface area contributed by atoms with E-state index in [1.165, 1.54) is 0 Å². The number of rotatable bonds is 7. The molecule has 20 heavy (non-hydrogen) atoms. The lowest BCUT2D eigenvalue weighted by molar-refractivity contribution is -0.121. The zero-order valence-electron chi connectivity index (χ0n) is 11.5. The molecular formula is C17H18O3. The van der Waals surface area contributed by atoms with Crippen LogP contribution in [0, 0.1) is 0 Å². The van der Waals surface area contributed by atoms with E-state index in [4.69, 9.17) is 9.47 Å². The summed E-state index contributed by atoms with van der Waals surface area (Å²) < 4.78 is 11.2. The molecule has 0 amide bonds. The van der Waals surface area contributed by atoms with Crippen LogP contribution in [0.2, 0.25) is 0 Å². The third kappa shape index (κ3) is 4.43. The fourth-order valence-electron chi connectivity index (χ4n) is 1.77. The SMILES string of the molecule is CCCC(=O)COc1cccc(Oc2ccccc2)c1. The minimum absolute atomic E-state index is 0.113. The van der Waals surface area contributed by atoms with E-state index in [2.05, 4.69) is 0 Å². The molecule has 0 radical (unpaired) electrons. The molecule has 104 valence electrons. The molecule has 0 aliphatic heterocycles. The highest BCUT2D eigenvalue weighted by Crippen LogP contribution is 2.24. The molecule has 0 bridgehead atoms. The van der Waals surface area contributed by atoms with Gasteiger partial charge in [-0.25, -0.2) is 0 Å². The zero-order valence-corrected chi connectivity index (χ0v) is 11.5. The second kappa shape index (κ2) is 7.34. The van der Waals surface area contributed by atoms with Crippen molar-refractivity contribution in [2.45, 2.75) is 19.8 Å². The van der Waals surface area contributed by atoms with E-state index in [1.54, 1.807) is 6.07 Å². The smallest absolute Gasteiger partial charge is 0.170 e. The Bertz CT molecular complexity index is 549. The number of benzene rings is 2. The summed E-state index contributed by atoms with van der Waals surface area (Å²) in [5.74, 6) is 2.22. The summed E-state index contributed by atoms with van der Waals surface area (Å²) in [6.45, 7) is 2.09. The van der Waals surface area contributed by atoms with Crippen LogP contribution in [0.5, 0.6) is 17.2 Å². The van der Waals surface area contributed by atoms with E-state index in [0.29, 0.717) is 17.9 Å². The van der Waals surface area contributed by atoms with Crippen LogP contribution >= 0.6 is 0 Å². The monoisotopic (exact) mass is 270 g/mol. The van der Waals surface area contributed by atoms with E-state index in [9.17, 15) is 4.79 Å². The molecule has 0 saturated carbocycles. The van der Waals surface area contributed by atoms with Gasteiger partial charge in [-0.15, -0.1) is 0 Å². The molecule has 0 unspecified atom stereocenters. The summed E-state index contributed by atoms with van der Waals surface area (Å²) in [5.41, 5.74) is 0. The van der Waals surface area contributed by atoms with Crippen LogP contribution in [-0.2, 0) is 4.79 Å². The van der Waals surface area contributed by atoms with Gasteiger partial charge in [-0.3, -0.25) is 4.79 Å².